The molecular formula is C13H32O5Si4. The molecule has 0 rings (SSSR count). The van der Waals surface area contributed by atoms with Crippen LogP contribution in [0.15, 0.2) is 12.2 Å². The van der Waals surface area contributed by atoms with Gasteiger partial charge in [0.1, 0.15) is 0 Å². The quantitative estimate of drug-likeness (QED) is 0.257. The molecule has 0 fully saturated rings. The number of hydrogen-bond acceptors (Lipinski definition) is 5. The number of rotatable bonds is 9. The molecule has 0 N–H and O–H groups in total. The summed E-state index contributed by atoms with van der Waals surface area (Å²) in [7, 11) is -3.88. The van der Waals surface area contributed by atoms with Gasteiger partial charge in [0.25, 0.3) is 0 Å². The predicted molar refractivity (Wildman–Crippen MR) is 102 cm³/mol. The minimum atomic E-state index is -1.48. The molecule has 0 radical (unpaired) electrons. The zero-order valence-electron chi connectivity index (χ0n) is 15.5. The first kappa shape index (κ1) is 22.0. The van der Waals surface area contributed by atoms with Crippen LogP contribution in [0.4, 0.5) is 0 Å². The number of ether oxygens (including phenoxy) is 1. The summed E-state index contributed by atoms with van der Waals surface area (Å²) in [5.74, 6) is -1.50. The van der Waals surface area contributed by atoms with Gasteiger partial charge in [-0.15, -0.1) is 0 Å². The van der Waals surface area contributed by atoms with Crippen LogP contribution in [0.5, 0.6) is 0 Å². The van der Waals surface area contributed by atoms with Gasteiger partial charge < -0.3 is 18.0 Å². The predicted octanol–water partition coefficient (Wildman–Crippen LogP) is 0.841. The molecule has 0 spiro atoms. The van der Waals surface area contributed by atoms with Gasteiger partial charge in [-0.05, 0) is 53.1 Å². The zero-order valence-corrected chi connectivity index (χ0v) is 20.9. The van der Waals surface area contributed by atoms with Crippen molar-refractivity contribution in [2.75, 3.05) is 0 Å². The van der Waals surface area contributed by atoms with Crippen molar-refractivity contribution in [2.45, 2.75) is 64.3 Å². The summed E-state index contributed by atoms with van der Waals surface area (Å²) < 4.78 is 24.2. The van der Waals surface area contributed by atoms with Crippen LogP contribution in [0.25, 0.3) is 0 Å². The number of hydrogen-bond donors (Lipinski definition) is 0. The van der Waals surface area contributed by atoms with Crippen molar-refractivity contribution in [1.82, 2.24) is 0 Å². The Kier molecular flexibility index (Phi) is 8.69. The van der Waals surface area contributed by atoms with Gasteiger partial charge >= 0.3 is 5.97 Å². The van der Waals surface area contributed by atoms with E-state index in [9.17, 15) is 4.79 Å². The molecule has 0 aliphatic heterocycles. The summed E-state index contributed by atoms with van der Waals surface area (Å²) >= 11 is 0. The van der Waals surface area contributed by atoms with Gasteiger partial charge in [-0.2, -0.15) is 0 Å². The molecule has 22 heavy (non-hydrogen) atoms. The van der Waals surface area contributed by atoms with Gasteiger partial charge in [0, 0.05) is 5.57 Å². The van der Waals surface area contributed by atoms with Crippen LogP contribution >= 0.6 is 0 Å². The molecule has 0 aromatic heterocycles. The molecule has 9 heteroatoms. The lowest BCUT2D eigenvalue weighted by Crippen LogP contribution is -2.64. The lowest BCUT2D eigenvalue weighted by atomic mass is 10.3. The molecule has 0 aliphatic carbocycles. The highest BCUT2D eigenvalue weighted by Gasteiger charge is 2.52. The van der Waals surface area contributed by atoms with Crippen LogP contribution in [0, 0.1) is 0 Å². The Hall–Kier alpha value is -0.0425. The first-order valence-corrected chi connectivity index (χ1v) is 17.1. The summed E-state index contributed by atoms with van der Waals surface area (Å²) in [5.41, 5.74) is -0.794. The Morgan fingerprint density at radius 3 is 1.59 bits per heavy atom. The fourth-order valence-corrected chi connectivity index (χ4v) is 8.00. The number of carbonyl (C=O) groups is 1. The molecule has 0 saturated carbocycles. The zero-order chi connectivity index (χ0) is 17.7. The van der Waals surface area contributed by atoms with E-state index < -0.39 is 44.3 Å². The van der Waals surface area contributed by atoms with Crippen LogP contribution in [-0.2, 0) is 22.8 Å². The van der Waals surface area contributed by atoms with Gasteiger partial charge in [0.05, 0.1) is 10.2 Å². The van der Waals surface area contributed by atoms with Crippen molar-refractivity contribution < 1.29 is 22.8 Å². The summed E-state index contributed by atoms with van der Waals surface area (Å²) in [6.07, 6.45) is 0. The monoisotopic (exact) mass is 380 g/mol. The fraction of sp³-hybridized carbons (Fsp3) is 0.769. The summed E-state index contributed by atoms with van der Waals surface area (Å²) in [5, 5.41) is 0. The summed E-state index contributed by atoms with van der Waals surface area (Å²) in [4.78, 5) is 12.1. The van der Waals surface area contributed by atoms with Crippen molar-refractivity contribution in [2.24, 2.45) is 0 Å². The highest BCUT2D eigenvalue weighted by molar-refractivity contribution is 6.50. The van der Waals surface area contributed by atoms with Crippen molar-refractivity contribution in [1.29, 1.82) is 0 Å². The van der Waals surface area contributed by atoms with E-state index in [1.165, 1.54) is 0 Å². The van der Waals surface area contributed by atoms with Crippen LogP contribution in [0.2, 0.25) is 39.3 Å². The molecule has 0 amide bonds. The first-order chi connectivity index (χ1) is 9.83. The van der Waals surface area contributed by atoms with E-state index in [0.717, 1.165) is 0 Å². The normalized spacial score (nSPS) is 15.4. The van der Waals surface area contributed by atoms with E-state index in [4.69, 9.17) is 18.0 Å². The van der Waals surface area contributed by atoms with E-state index in [0.29, 0.717) is 15.8 Å². The van der Waals surface area contributed by atoms with Gasteiger partial charge in [-0.25, -0.2) is 4.79 Å². The summed E-state index contributed by atoms with van der Waals surface area (Å²) in [6.45, 7) is 19.5. The third-order valence-electron chi connectivity index (χ3n) is 2.84. The first-order valence-electron chi connectivity index (χ1n) is 7.75. The highest BCUT2D eigenvalue weighted by atomic mass is 28.3. The lowest BCUT2D eigenvalue weighted by Gasteiger charge is -2.47. The van der Waals surface area contributed by atoms with E-state index in [1.807, 2.05) is 20.0 Å². The highest BCUT2D eigenvalue weighted by Crippen LogP contribution is 2.33. The molecule has 1 atom stereocenters. The van der Waals surface area contributed by atoms with Crippen LogP contribution in [0.1, 0.15) is 13.8 Å². The Morgan fingerprint density at radius 2 is 1.32 bits per heavy atom. The maximum absolute atomic E-state index is 12.1. The SMILES string of the molecule is C=C(C)C(=O)OC([SiH3])(O[SiH](C)C)C(C)(O[SiH](C)C)O[SiH](C)C. The molecule has 1 unspecified atom stereocenters. The van der Waals surface area contributed by atoms with E-state index in [2.05, 4.69) is 32.8 Å². The molecular weight excluding hydrogens is 348 g/mol. The molecule has 0 saturated heterocycles. The second-order valence-electron chi connectivity index (χ2n) is 6.56. The Labute approximate surface area is 143 Å². The Morgan fingerprint density at radius 1 is 0.955 bits per heavy atom. The fourth-order valence-electron chi connectivity index (χ4n) is 2.08. The van der Waals surface area contributed by atoms with Crippen molar-refractivity contribution in [3.8, 4) is 0 Å². The third-order valence-corrected chi connectivity index (χ3v) is 7.43. The molecule has 0 aromatic carbocycles. The average molecular weight is 381 g/mol. The second kappa shape index (κ2) is 8.71. The molecule has 5 nitrogen and oxygen atoms in total. The van der Waals surface area contributed by atoms with E-state index in [1.54, 1.807) is 6.92 Å². The second-order valence-corrected chi connectivity index (χ2v) is 14.9. The minimum absolute atomic E-state index is 0.347. The number of carbonyl (C=O) groups excluding carboxylic acids is 1. The van der Waals surface area contributed by atoms with Crippen molar-refractivity contribution in [3.05, 3.63) is 12.2 Å². The molecule has 0 heterocycles. The largest absolute Gasteiger partial charge is 0.430 e. The average Bonchev–Trinajstić information content (AvgIpc) is 2.24. The van der Waals surface area contributed by atoms with Gasteiger partial charge in [-0.3, -0.25) is 0 Å². The Balaban J connectivity index is 5.72. The molecule has 0 bridgehead atoms. The maximum atomic E-state index is 12.1. The van der Waals surface area contributed by atoms with Crippen LogP contribution in [0.3, 0.4) is 0 Å². The van der Waals surface area contributed by atoms with Gasteiger partial charge in [0.15, 0.2) is 27.1 Å². The third kappa shape index (κ3) is 6.60. The molecule has 0 aliphatic rings. The lowest BCUT2D eigenvalue weighted by molar-refractivity contribution is -0.279. The van der Waals surface area contributed by atoms with Gasteiger partial charge in [0.2, 0.25) is 11.2 Å². The summed E-state index contributed by atoms with van der Waals surface area (Å²) in [6, 6.07) is 0. The van der Waals surface area contributed by atoms with Gasteiger partial charge in [-0.1, -0.05) is 6.58 Å². The smallest absolute Gasteiger partial charge is 0.335 e. The van der Waals surface area contributed by atoms with E-state index >= 15 is 0 Å². The minimum Gasteiger partial charge on any atom is -0.430 e. The number of esters is 1. The maximum Gasteiger partial charge on any atom is 0.335 e. The molecule has 0 aromatic rings. The van der Waals surface area contributed by atoms with Crippen LogP contribution in [-0.4, -0.2) is 54.5 Å². The Bertz CT molecular complexity index is 390. The molecule has 130 valence electrons. The van der Waals surface area contributed by atoms with E-state index in [-0.39, 0.29) is 0 Å². The van der Waals surface area contributed by atoms with Crippen molar-refractivity contribution >= 4 is 43.3 Å². The van der Waals surface area contributed by atoms with Crippen LogP contribution < -0.4 is 0 Å². The topological polar surface area (TPSA) is 54.0 Å². The standard InChI is InChI=1S/C13H32O5Si4/c1-10(2)11(14)15-13(19,18-22(8)9)12(3,16-20(4)5)17-21(6)7/h20-22H,1H2,2-9,19H3. The van der Waals surface area contributed by atoms with Crippen molar-refractivity contribution in [3.63, 3.8) is 0 Å².